The summed E-state index contributed by atoms with van der Waals surface area (Å²) in [6.07, 6.45) is 8.97. The first-order chi connectivity index (χ1) is 15.2. The summed E-state index contributed by atoms with van der Waals surface area (Å²) in [5.41, 5.74) is 5.06. The van der Waals surface area contributed by atoms with Crippen molar-refractivity contribution in [1.29, 1.82) is 0 Å². The zero-order valence-corrected chi connectivity index (χ0v) is 18.6. The maximum atomic E-state index is 4.73. The summed E-state index contributed by atoms with van der Waals surface area (Å²) in [5.74, 6) is 0.718. The Bertz CT molecular complexity index is 1040. The molecule has 5 rings (SSSR count). The van der Waals surface area contributed by atoms with Crippen LogP contribution in [-0.4, -0.2) is 51.6 Å². The number of aromatic nitrogens is 3. The lowest BCUT2D eigenvalue weighted by Gasteiger charge is -2.46. The van der Waals surface area contributed by atoms with E-state index in [4.69, 9.17) is 4.98 Å². The number of para-hydroxylation sites is 1. The molecule has 0 radical (unpaired) electrons. The monoisotopic (exact) mass is 416 g/mol. The Morgan fingerprint density at radius 1 is 1.03 bits per heavy atom. The fourth-order valence-electron chi connectivity index (χ4n) is 5.42. The minimum Gasteiger partial charge on any atom is -0.371 e. The van der Waals surface area contributed by atoms with E-state index in [1.165, 1.54) is 48.9 Å². The largest absolute Gasteiger partial charge is 0.371 e. The topological polar surface area (TPSA) is 57.2 Å². The molecule has 0 bridgehead atoms. The maximum absolute atomic E-state index is 4.73. The lowest BCUT2D eigenvalue weighted by Crippen LogP contribution is -2.52. The van der Waals surface area contributed by atoms with E-state index in [0.29, 0.717) is 5.54 Å². The number of nitrogens with zero attached hydrogens (tertiary/aromatic N) is 5. The van der Waals surface area contributed by atoms with E-state index < -0.39 is 0 Å². The van der Waals surface area contributed by atoms with Crippen molar-refractivity contribution in [2.75, 3.05) is 36.4 Å². The average Bonchev–Trinajstić information content (AvgIpc) is 3.16. The third-order valence-electron chi connectivity index (χ3n) is 7.01. The SMILES string of the molecule is CCNc1ncc(CN2CCCC23CCN(c2cc(C)nc4ccccc24)CC3)cn1. The zero-order valence-electron chi connectivity index (χ0n) is 18.6. The van der Waals surface area contributed by atoms with Gasteiger partial charge in [-0.2, -0.15) is 0 Å². The van der Waals surface area contributed by atoms with Gasteiger partial charge in [0.2, 0.25) is 5.95 Å². The molecule has 0 amide bonds. The molecular weight excluding hydrogens is 384 g/mol. The first-order valence-corrected chi connectivity index (χ1v) is 11.6. The van der Waals surface area contributed by atoms with Gasteiger partial charge >= 0.3 is 0 Å². The molecule has 3 aromatic rings. The lowest BCUT2D eigenvalue weighted by molar-refractivity contribution is 0.0996. The second kappa shape index (κ2) is 8.42. The minimum atomic E-state index is 0.314. The third-order valence-corrected chi connectivity index (χ3v) is 7.01. The van der Waals surface area contributed by atoms with Crippen LogP contribution in [0, 0.1) is 6.92 Å². The van der Waals surface area contributed by atoms with Crippen LogP contribution in [0.25, 0.3) is 10.9 Å². The number of anilines is 2. The Balaban J connectivity index is 1.31. The number of aryl methyl sites for hydroxylation is 1. The van der Waals surface area contributed by atoms with Gasteiger partial charge in [0.15, 0.2) is 0 Å². The number of nitrogens with one attached hydrogen (secondary N) is 1. The number of rotatable bonds is 5. The number of hydrogen-bond acceptors (Lipinski definition) is 6. The predicted octanol–water partition coefficient (Wildman–Crippen LogP) is 4.40. The summed E-state index contributed by atoms with van der Waals surface area (Å²) in [4.78, 5) is 18.9. The number of piperidine rings is 1. The van der Waals surface area contributed by atoms with E-state index in [9.17, 15) is 0 Å². The highest BCUT2D eigenvalue weighted by Gasteiger charge is 2.43. The summed E-state index contributed by atoms with van der Waals surface area (Å²) in [5, 5.41) is 4.45. The lowest BCUT2D eigenvalue weighted by atomic mass is 9.84. The van der Waals surface area contributed by atoms with Crippen molar-refractivity contribution in [2.24, 2.45) is 0 Å². The molecule has 1 spiro atoms. The van der Waals surface area contributed by atoms with Crippen LogP contribution in [0.4, 0.5) is 11.6 Å². The zero-order chi connectivity index (χ0) is 21.3. The molecule has 4 heterocycles. The van der Waals surface area contributed by atoms with E-state index in [-0.39, 0.29) is 0 Å². The second-order valence-electron chi connectivity index (χ2n) is 8.98. The van der Waals surface area contributed by atoms with Gasteiger partial charge in [0.05, 0.1) is 5.52 Å². The van der Waals surface area contributed by atoms with Gasteiger partial charge in [0, 0.05) is 66.4 Å². The van der Waals surface area contributed by atoms with E-state index >= 15 is 0 Å². The molecule has 6 heteroatoms. The Morgan fingerprint density at radius 3 is 2.58 bits per heavy atom. The van der Waals surface area contributed by atoms with Gasteiger partial charge < -0.3 is 10.2 Å². The van der Waals surface area contributed by atoms with Gasteiger partial charge in [-0.05, 0) is 58.2 Å². The fourth-order valence-corrected chi connectivity index (χ4v) is 5.42. The Morgan fingerprint density at radius 2 is 1.81 bits per heavy atom. The van der Waals surface area contributed by atoms with Crippen molar-refractivity contribution in [2.45, 2.75) is 51.6 Å². The molecule has 0 atom stereocenters. The van der Waals surface area contributed by atoms with E-state index in [1.807, 2.05) is 12.4 Å². The standard InChI is InChI=1S/C25H32N6/c1-3-26-24-27-16-20(17-28-24)18-31-12-6-9-25(31)10-13-30(14-11-25)23-15-19(2)29-22-8-5-4-7-21(22)23/h4-5,7-8,15-17H,3,6,9-14,18H2,1-2H3,(H,26,27,28). The maximum Gasteiger partial charge on any atom is 0.222 e. The van der Waals surface area contributed by atoms with Crippen LogP contribution in [0.15, 0.2) is 42.7 Å². The van der Waals surface area contributed by atoms with Crippen LogP contribution >= 0.6 is 0 Å². The van der Waals surface area contributed by atoms with Crippen molar-refractivity contribution in [3.63, 3.8) is 0 Å². The molecule has 162 valence electrons. The first kappa shape index (κ1) is 20.2. The summed E-state index contributed by atoms with van der Waals surface area (Å²) in [6, 6.07) is 10.8. The fraction of sp³-hybridized carbons (Fsp3) is 0.480. The molecule has 2 aliphatic heterocycles. The highest BCUT2D eigenvalue weighted by Crippen LogP contribution is 2.41. The molecule has 6 nitrogen and oxygen atoms in total. The van der Waals surface area contributed by atoms with Gasteiger partial charge in [-0.25, -0.2) is 9.97 Å². The van der Waals surface area contributed by atoms with Crippen LogP contribution < -0.4 is 10.2 Å². The van der Waals surface area contributed by atoms with E-state index in [2.05, 4.69) is 69.3 Å². The molecule has 31 heavy (non-hydrogen) atoms. The van der Waals surface area contributed by atoms with E-state index in [0.717, 1.165) is 43.3 Å². The Kier molecular flexibility index (Phi) is 5.48. The van der Waals surface area contributed by atoms with Crippen molar-refractivity contribution in [3.05, 3.63) is 54.0 Å². The smallest absolute Gasteiger partial charge is 0.222 e. The van der Waals surface area contributed by atoms with Gasteiger partial charge in [-0.15, -0.1) is 0 Å². The van der Waals surface area contributed by atoms with Crippen molar-refractivity contribution in [1.82, 2.24) is 19.9 Å². The first-order valence-electron chi connectivity index (χ1n) is 11.6. The highest BCUT2D eigenvalue weighted by molar-refractivity contribution is 5.92. The average molecular weight is 417 g/mol. The quantitative estimate of drug-likeness (QED) is 0.665. The molecule has 0 unspecified atom stereocenters. The van der Waals surface area contributed by atoms with Gasteiger partial charge in [-0.3, -0.25) is 9.88 Å². The molecule has 2 fully saturated rings. The van der Waals surface area contributed by atoms with Crippen molar-refractivity contribution < 1.29 is 0 Å². The summed E-state index contributed by atoms with van der Waals surface area (Å²) in [7, 11) is 0. The normalized spacial score (nSPS) is 18.7. The van der Waals surface area contributed by atoms with Crippen LogP contribution in [0.1, 0.15) is 43.9 Å². The molecule has 1 aromatic carbocycles. The number of fused-ring (bicyclic) bond motifs is 1. The summed E-state index contributed by atoms with van der Waals surface area (Å²) >= 11 is 0. The number of hydrogen-bond donors (Lipinski definition) is 1. The van der Waals surface area contributed by atoms with Crippen molar-refractivity contribution >= 4 is 22.5 Å². The molecular formula is C25H32N6. The molecule has 0 saturated carbocycles. The van der Waals surface area contributed by atoms with Crippen LogP contribution in [0.2, 0.25) is 0 Å². The molecule has 2 saturated heterocycles. The molecule has 1 N–H and O–H groups in total. The minimum absolute atomic E-state index is 0.314. The van der Waals surface area contributed by atoms with Gasteiger partial charge in [0.25, 0.3) is 0 Å². The van der Waals surface area contributed by atoms with Crippen LogP contribution in [0.5, 0.6) is 0 Å². The summed E-state index contributed by atoms with van der Waals surface area (Å²) in [6.45, 7) is 9.32. The van der Waals surface area contributed by atoms with Gasteiger partial charge in [-0.1, -0.05) is 18.2 Å². The molecule has 2 aromatic heterocycles. The number of likely N-dealkylation sites (tertiary alicyclic amines) is 1. The number of pyridine rings is 1. The Labute approximate surface area is 184 Å². The van der Waals surface area contributed by atoms with Crippen LogP contribution in [0.3, 0.4) is 0 Å². The van der Waals surface area contributed by atoms with E-state index in [1.54, 1.807) is 0 Å². The third kappa shape index (κ3) is 3.97. The van der Waals surface area contributed by atoms with Crippen LogP contribution in [-0.2, 0) is 6.54 Å². The molecule has 2 aliphatic rings. The highest BCUT2D eigenvalue weighted by atomic mass is 15.3. The number of benzene rings is 1. The second-order valence-corrected chi connectivity index (χ2v) is 8.98. The van der Waals surface area contributed by atoms with Crippen molar-refractivity contribution in [3.8, 4) is 0 Å². The van der Waals surface area contributed by atoms with Gasteiger partial charge in [0.1, 0.15) is 0 Å². The molecule has 0 aliphatic carbocycles. The Hall–Kier alpha value is -2.73. The summed E-state index contributed by atoms with van der Waals surface area (Å²) < 4.78 is 0. The predicted molar refractivity (Wildman–Crippen MR) is 126 cm³/mol.